The third-order valence-corrected chi connectivity index (χ3v) is 2.94. The average molecular weight is 233 g/mol. The van der Waals surface area contributed by atoms with Crippen LogP contribution in [0.1, 0.15) is 37.0 Å². The normalized spacial score (nSPS) is 15.4. The van der Waals surface area contributed by atoms with Gasteiger partial charge in [-0.25, -0.2) is 0 Å². The summed E-state index contributed by atoms with van der Waals surface area (Å²) in [7, 11) is 0. The second-order valence-corrected chi connectivity index (χ2v) is 4.67. The van der Waals surface area contributed by atoms with E-state index in [1.54, 1.807) is 0 Å². The summed E-state index contributed by atoms with van der Waals surface area (Å²) in [5.41, 5.74) is 1.69. The van der Waals surface area contributed by atoms with Gasteiger partial charge in [0.2, 0.25) is 0 Å². The van der Waals surface area contributed by atoms with Crippen LogP contribution in [0.3, 0.4) is 0 Å². The number of hydrogen-bond acceptors (Lipinski definition) is 3. The molecule has 0 saturated carbocycles. The Labute approximate surface area is 102 Å². The van der Waals surface area contributed by atoms with E-state index in [2.05, 4.69) is 4.90 Å². The van der Waals surface area contributed by atoms with E-state index in [1.165, 1.54) is 12.8 Å². The minimum Gasteiger partial charge on any atom is -0.489 e. The molecule has 1 aromatic carbocycles. The Morgan fingerprint density at radius 1 is 1.29 bits per heavy atom. The fourth-order valence-corrected chi connectivity index (χ4v) is 2.26. The van der Waals surface area contributed by atoms with Crippen molar-refractivity contribution in [3.05, 3.63) is 23.8 Å². The summed E-state index contributed by atoms with van der Waals surface area (Å²) in [6.07, 6.45) is 3.42. The van der Waals surface area contributed by atoms with Gasteiger partial charge in [-0.05, 0) is 38.8 Å². The number of aldehydes is 1. The summed E-state index contributed by atoms with van der Waals surface area (Å²) in [6.45, 7) is 6.03. The van der Waals surface area contributed by atoms with Gasteiger partial charge in [0.25, 0.3) is 0 Å². The van der Waals surface area contributed by atoms with Crippen LogP contribution in [0, 0.1) is 0 Å². The van der Waals surface area contributed by atoms with Gasteiger partial charge in [-0.15, -0.1) is 0 Å². The van der Waals surface area contributed by atoms with Crippen LogP contribution in [0.4, 0.5) is 5.69 Å². The molecule has 1 saturated heterocycles. The molecule has 1 aliphatic rings. The van der Waals surface area contributed by atoms with Crippen molar-refractivity contribution in [3.8, 4) is 5.75 Å². The minimum absolute atomic E-state index is 0.123. The number of benzene rings is 1. The topological polar surface area (TPSA) is 29.5 Å². The van der Waals surface area contributed by atoms with Gasteiger partial charge in [-0.3, -0.25) is 4.79 Å². The number of hydrogen-bond donors (Lipinski definition) is 0. The fourth-order valence-electron chi connectivity index (χ4n) is 2.26. The summed E-state index contributed by atoms with van der Waals surface area (Å²) >= 11 is 0. The number of anilines is 1. The first-order chi connectivity index (χ1) is 8.22. The van der Waals surface area contributed by atoms with E-state index in [0.29, 0.717) is 0 Å². The Hall–Kier alpha value is -1.51. The van der Waals surface area contributed by atoms with Crippen LogP contribution < -0.4 is 9.64 Å². The second kappa shape index (κ2) is 5.21. The molecule has 3 nitrogen and oxygen atoms in total. The van der Waals surface area contributed by atoms with Crippen molar-refractivity contribution in [2.75, 3.05) is 18.0 Å². The van der Waals surface area contributed by atoms with Crippen molar-refractivity contribution in [2.24, 2.45) is 0 Å². The molecule has 0 aliphatic carbocycles. The van der Waals surface area contributed by atoms with Crippen LogP contribution >= 0.6 is 0 Å². The molecule has 0 aromatic heterocycles. The van der Waals surface area contributed by atoms with Crippen LogP contribution in [0.15, 0.2) is 18.2 Å². The van der Waals surface area contributed by atoms with Crippen LogP contribution in [0.25, 0.3) is 0 Å². The molecule has 0 N–H and O–H groups in total. The highest BCUT2D eigenvalue weighted by Crippen LogP contribution is 2.34. The van der Waals surface area contributed by atoms with E-state index in [0.717, 1.165) is 36.4 Å². The molecular formula is C14H19NO2. The molecule has 1 aromatic rings. The molecule has 17 heavy (non-hydrogen) atoms. The van der Waals surface area contributed by atoms with E-state index in [-0.39, 0.29) is 6.10 Å². The number of para-hydroxylation sites is 1. The first-order valence-electron chi connectivity index (χ1n) is 6.22. The number of rotatable bonds is 4. The van der Waals surface area contributed by atoms with Crippen molar-refractivity contribution in [2.45, 2.75) is 32.8 Å². The van der Waals surface area contributed by atoms with Crippen LogP contribution in [0.2, 0.25) is 0 Å². The zero-order valence-electron chi connectivity index (χ0n) is 10.5. The molecule has 0 radical (unpaired) electrons. The Morgan fingerprint density at radius 3 is 2.59 bits per heavy atom. The fraction of sp³-hybridized carbons (Fsp3) is 0.500. The Kier molecular flexibility index (Phi) is 3.67. The van der Waals surface area contributed by atoms with Gasteiger partial charge >= 0.3 is 0 Å². The van der Waals surface area contributed by atoms with Crippen LogP contribution in [-0.4, -0.2) is 25.5 Å². The van der Waals surface area contributed by atoms with E-state index < -0.39 is 0 Å². The molecule has 0 atom stereocenters. The van der Waals surface area contributed by atoms with Crippen molar-refractivity contribution in [1.82, 2.24) is 0 Å². The first-order valence-corrected chi connectivity index (χ1v) is 6.22. The SMILES string of the molecule is CC(C)Oc1cccc(C=O)c1N1CCCC1. The van der Waals surface area contributed by atoms with Gasteiger partial charge in [0, 0.05) is 18.7 Å². The monoisotopic (exact) mass is 233 g/mol. The minimum atomic E-state index is 0.123. The summed E-state index contributed by atoms with van der Waals surface area (Å²) in [5.74, 6) is 0.825. The van der Waals surface area contributed by atoms with Crippen molar-refractivity contribution >= 4 is 12.0 Å². The Balaban J connectivity index is 2.39. The van der Waals surface area contributed by atoms with Gasteiger partial charge in [-0.1, -0.05) is 6.07 Å². The number of carbonyl (C=O) groups excluding carboxylic acids is 1. The predicted molar refractivity (Wildman–Crippen MR) is 69.0 cm³/mol. The van der Waals surface area contributed by atoms with E-state index in [1.807, 2.05) is 32.0 Å². The molecule has 1 aliphatic heterocycles. The van der Waals surface area contributed by atoms with Gasteiger partial charge in [-0.2, -0.15) is 0 Å². The lowest BCUT2D eigenvalue weighted by atomic mass is 10.1. The number of nitrogens with zero attached hydrogens (tertiary/aromatic N) is 1. The highest BCUT2D eigenvalue weighted by Gasteiger charge is 2.20. The lowest BCUT2D eigenvalue weighted by molar-refractivity contribution is 0.112. The molecule has 1 fully saturated rings. The molecule has 0 bridgehead atoms. The van der Waals surface area contributed by atoms with E-state index >= 15 is 0 Å². The molecule has 92 valence electrons. The predicted octanol–water partition coefficient (Wildman–Crippen LogP) is 2.89. The third kappa shape index (κ3) is 2.60. The standard InChI is InChI=1S/C14H19NO2/c1-11(2)17-13-7-5-6-12(10-16)14(13)15-8-3-4-9-15/h5-7,10-11H,3-4,8-9H2,1-2H3. The smallest absolute Gasteiger partial charge is 0.152 e. The maximum atomic E-state index is 11.1. The third-order valence-electron chi connectivity index (χ3n) is 2.94. The highest BCUT2D eigenvalue weighted by atomic mass is 16.5. The molecule has 2 rings (SSSR count). The van der Waals surface area contributed by atoms with Gasteiger partial charge in [0.1, 0.15) is 5.75 Å². The summed E-state index contributed by atoms with van der Waals surface area (Å²) < 4.78 is 5.80. The van der Waals surface area contributed by atoms with Crippen molar-refractivity contribution < 1.29 is 9.53 Å². The largest absolute Gasteiger partial charge is 0.489 e. The van der Waals surface area contributed by atoms with E-state index in [4.69, 9.17) is 4.74 Å². The highest BCUT2D eigenvalue weighted by molar-refractivity contribution is 5.87. The average Bonchev–Trinajstić information content (AvgIpc) is 2.81. The quantitative estimate of drug-likeness (QED) is 0.749. The molecule has 0 spiro atoms. The lowest BCUT2D eigenvalue weighted by Crippen LogP contribution is -2.21. The van der Waals surface area contributed by atoms with E-state index in [9.17, 15) is 4.79 Å². The van der Waals surface area contributed by atoms with Crippen molar-refractivity contribution in [1.29, 1.82) is 0 Å². The lowest BCUT2D eigenvalue weighted by Gasteiger charge is -2.24. The maximum Gasteiger partial charge on any atom is 0.152 e. The maximum absolute atomic E-state index is 11.1. The zero-order chi connectivity index (χ0) is 12.3. The number of carbonyl (C=O) groups is 1. The van der Waals surface area contributed by atoms with Gasteiger partial charge in [0.15, 0.2) is 6.29 Å². The Bertz CT molecular complexity index is 395. The summed E-state index contributed by atoms with van der Waals surface area (Å²) in [5, 5.41) is 0. The van der Waals surface area contributed by atoms with Crippen molar-refractivity contribution in [3.63, 3.8) is 0 Å². The molecule has 1 heterocycles. The molecular weight excluding hydrogens is 214 g/mol. The Morgan fingerprint density at radius 2 is 2.00 bits per heavy atom. The first kappa shape index (κ1) is 12.0. The number of ether oxygens (including phenoxy) is 1. The molecule has 3 heteroatoms. The summed E-state index contributed by atoms with van der Waals surface area (Å²) in [4.78, 5) is 13.4. The zero-order valence-corrected chi connectivity index (χ0v) is 10.5. The summed E-state index contributed by atoms with van der Waals surface area (Å²) in [6, 6.07) is 5.68. The molecule has 0 amide bonds. The van der Waals surface area contributed by atoms with Gasteiger partial charge < -0.3 is 9.64 Å². The van der Waals surface area contributed by atoms with Crippen LogP contribution in [-0.2, 0) is 0 Å². The molecule has 0 unspecified atom stereocenters. The van der Waals surface area contributed by atoms with Crippen LogP contribution in [0.5, 0.6) is 5.75 Å². The van der Waals surface area contributed by atoms with Gasteiger partial charge in [0.05, 0.1) is 11.8 Å². The second-order valence-electron chi connectivity index (χ2n) is 4.67.